The molecule has 94 valence electrons. The number of nitrogens with one attached hydrogen (secondary N) is 1. The summed E-state index contributed by atoms with van der Waals surface area (Å²) in [5.41, 5.74) is 3.10. The van der Waals surface area contributed by atoms with Crippen molar-refractivity contribution >= 4 is 0 Å². The average molecular weight is 241 g/mol. The number of hydrogen-bond donors (Lipinski definition) is 1. The summed E-state index contributed by atoms with van der Waals surface area (Å²) in [7, 11) is 0. The third-order valence-corrected chi connectivity index (χ3v) is 3.32. The van der Waals surface area contributed by atoms with E-state index in [0.717, 1.165) is 25.1 Å². The van der Waals surface area contributed by atoms with Crippen LogP contribution >= 0.6 is 0 Å². The van der Waals surface area contributed by atoms with Gasteiger partial charge in [-0.15, -0.1) is 0 Å². The lowest BCUT2D eigenvalue weighted by Crippen LogP contribution is -2.16. The molecule has 0 fully saturated rings. The molecule has 1 aromatic rings. The van der Waals surface area contributed by atoms with Crippen molar-refractivity contribution in [2.75, 3.05) is 6.54 Å². The van der Waals surface area contributed by atoms with Gasteiger partial charge in [-0.05, 0) is 44.7 Å². The topological polar surface area (TPSA) is 48.7 Å². The largest absolute Gasteiger partial charge is 0.312 e. The molecular weight excluding hydrogens is 222 g/mol. The van der Waals surface area contributed by atoms with E-state index in [1.165, 1.54) is 25.7 Å². The first kappa shape index (κ1) is 12.8. The van der Waals surface area contributed by atoms with E-state index in [9.17, 15) is 0 Å². The lowest BCUT2D eigenvalue weighted by molar-refractivity contribution is 0.631. The molecule has 3 nitrogen and oxygen atoms in total. The van der Waals surface area contributed by atoms with Crippen LogP contribution in [0.4, 0.5) is 0 Å². The highest BCUT2D eigenvalue weighted by Gasteiger charge is 2.04. The van der Waals surface area contributed by atoms with Gasteiger partial charge in [0.1, 0.15) is 11.8 Å². The SMILES string of the molecule is N#Cc1ncccc1CNCCC1=CCCCC1. The molecule has 1 aliphatic rings. The Hall–Kier alpha value is -1.66. The number of rotatable bonds is 5. The Balaban J connectivity index is 1.75. The molecule has 0 aromatic carbocycles. The van der Waals surface area contributed by atoms with Crippen molar-refractivity contribution < 1.29 is 0 Å². The maximum Gasteiger partial charge on any atom is 0.144 e. The Morgan fingerprint density at radius 3 is 3.11 bits per heavy atom. The smallest absolute Gasteiger partial charge is 0.144 e. The van der Waals surface area contributed by atoms with Crippen LogP contribution in [-0.4, -0.2) is 11.5 Å². The van der Waals surface area contributed by atoms with Gasteiger partial charge in [0.2, 0.25) is 0 Å². The van der Waals surface area contributed by atoms with Gasteiger partial charge in [-0.2, -0.15) is 5.26 Å². The Labute approximate surface area is 109 Å². The summed E-state index contributed by atoms with van der Waals surface area (Å²) in [6, 6.07) is 5.96. The lowest BCUT2D eigenvalue weighted by atomic mass is 9.97. The maximum atomic E-state index is 8.93. The van der Waals surface area contributed by atoms with Crippen molar-refractivity contribution in [2.45, 2.75) is 38.6 Å². The van der Waals surface area contributed by atoms with Crippen LogP contribution < -0.4 is 5.32 Å². The van der Waals surface area contributed by atoms with Crippen LogP contribution in [0.1, 0.15) is 43.4 Å². The molecular formula is C15H19N3. The highest BCUT2D eigenvalue weighted by atomic mass is 14.9. The second-order valence-corrected chi connectivity index (χ2v) is 4.66. The molecule has 0 bridgehead atoms. The van der Waals surface area contributed by atoms with Crippen LogP contribution in [0.5, 0.6) is 0 Å². The monoisotopic (exact) mass is 241 g/mol. The first-order chi connectivity index (χ1) is 8.90. The van der Waals surface area contributed by atoms with Crippen molar-refractivity contribution in [3.8, 4) is 6.07 Å². The molecule has 0 saturated heterocycles. The van der Waals surface area contributed by atoms with Gasteiger partial charge in [0.25, 0.3) is 0 Å². The van der Waals surface area contributed by atoms with E-state index in [-0.39, 0.29) is 0 Å². The Kier molecular flexibility index (Phi) is 4.92. The Bertz CT molecular complexity index is 457. The number of nitriles is 1. The normalized spacial score (nSPS) is 14.9. The van der Waals surface area contributed by atoms with Crippen LogP contribution in [0.2, 0.25) is 0 Å². The molecule has 18 heavy (non-hydrogen) atoms. The second-order valence-electron chi connectivity index (χ2n) is 4.66. The average Bonchev–Trinajstić information content (AvgIpc) is 2.45. The zero-order chi connectivity index (χ0) is 12.6. The second kappa shape index (κ2) is 6.93. The molecule has 0 atom stereocenters. The quantitative estimate of drug-likeness (QED) is 0.637. The molecule has 1 aliphatic carbocycles. The molecule has 0 unspecified atom stereocenters. The number of aromatic nitrogens is 1. The fourth-order valence-electron chi connectivity index (χ4n) is 2.29. The van der Waals surface area contributed by atoms with E-state index in [1.807, 2.05) is 12.1 Å². The Morgan fingerprint density at radius 1 is 1.39 bits per heavy atom. The van der Waals surface area contributed by atoms with Gasteiger partial charge in [-0.1, -0.05) is 17.7 Å². The van der Waals surface area contributed by atoms with Gasteiger partial charge in [-0.3, -0.25) is 0 Å². The third kappa shape index (κ3) is 3.68. The number of pyridine rings is 1. The molecule has 2 rings (SSSR count). The van der Waals surface area contributed by atoms with Crippen LogP contribution in [0, 0.1) is 11.3 Å². The fraction of sp³-hybridized carbons (Fsp3) is 0.467. The molecule has 0 amide bonds. The zero-order valence-electron chi connectivity index (χ0n) is 10.7. The van der Waals surface area contributed by atoms with E-state index < -0.39 is 0 Å². The van der Waals surface area contributed by atoms with Crippen LogP contribution in [0.15, 0.2) is 30.0 Å². The van der Waals surface area contributed by atoms with Gasteiger partial charge in [0, 0.05) is 18.3 Å². The number of allylic oxidation sites excluding steroid dienone is 1. The van der Waals surface area contributed by atoms with E-state index in [0.29, 0.717) is 5.69 Å². The zero-order valence-corrected chi connectivity index (χ0v) is 10.7. The molecule has 0 radical (unpaired) electrons. The molecule has 1 N–H and O–H groups in total. The Morgan fingerprint density at radius 2 is 2.33 bits per heavy atom. The minimum Gasteiger partial charge on any atom is -0.312 e. The van der Waals surface area contributed by atoms with E-state index >= 15 is 0 Å². The molecule has 0 aliphatic heterocycles. The van der Waals surface area contributed by atoms with E-state index in [4.69, 9.17) is 5.26 Å². The molecule has 1 aromatic heterocycles. The van der Waals surface area contributed by atoms with Crippen molar-refractivity contribution in [3.63, 3.8) is 0 Å². The summed E-state index contributed by atoms with van der Waals surface area (Å²) < 4.78 is 0. The van der Waals surface area contributed by atoms with Gasteiger partial charge < -0.3 is 5.32 Å². The van der Waals surface area contributed by atoms with E-state index in [1.54, 1.807) is 11.8 Å². The van der Waals surface area contributed by atoms with Crippen molar-refractivity contribution in [3.05, 3.63) is 41.2 Å². The molecule has 0 saturated carbocycles. The van der Waals surface area contributed by atoms with Gasteiger partial charge in [0.05, 0.1) is 0 Å². The minimum absolute atomic E-state index is 0.530. The standard InChI is InChI=1S/C15H19N3/c16-11-15-14(7-4-9-18-15)12-17-10-8-13-5-2-1-3-6-13/h4-5,7,9,17H,1-3,6,8,10,12H2. The van der Waals surface area contributed by atoms with Gasteiger partial charge in [0.15, 0.2) is 0 Å². The predicted molar refractivity (Wildman–Crippen MR) is 71.8 cm³/mol. The fourth-order valence-corrected chi connectivity index (χ4v) is 2.29. The number of nitrogens with zero attached hydrogens (tertiary/aromatic N) is 2. The molecule has 3 heteroatoms. The summed E-state index contributed by atoms with van der Waals surface area (Å²) in [4.78, 5) is 4.05. The summed E-state index contributed by atoms with van der Waals surface area (Å²) in [6.07, 6.45) is 10.4. The minimum atomic E-state index is 0.530. The summed E-state index contributed by atoms with van der Waals surface area (Å²) in [5, 5.41) is 12.3. The molecule has 1 heterocycles. The summed E-state index contributed by atoms with van der Waals surface area (Å²) >= 11 is 0. The lowest BCUT2D eigenvalue weighted by Gasteiger charge is -2.13. The first-order valence-corrected chi connectivity index (χ1v) is 6.63. The predicted octanol–water partition coefficient (Wildman–Crippen LogP) is 2.93. The highest BCUT2D eigenvalue weighted by molar-refractivity contribution is 5.30. The van der Waals surface area contributed by atoms with Crippen molar-refractivity contribution in [1.29, 1.82) is 5.26 Å². The molecule has 0 spiro atoms. The van der Waals surface area contributed by atoms with Crippen LogP contribution in [-0.2, 0) is 6.54 Å². The third-order valence-electron chi connectivity index (χ3n) is 3.32. The van der Waals surface area contributed by atoms with Crippen LogP contribution in [0.25, 0.3) is 0 Å². The van der Waals surface area contributed by atoms with E-state index in [2.05, 4.69) is 22.4 Å². The van der Waals surface area contributed by atoms with Crippen molar-refractivity contribution in [1.82, 2.24) is 10.3 Å². The van der Waals surface area contributed by atoms with Crippen molar-refractivity contribution in [2.24, 2.45) is 0 Å². The summed E-state index contributed by atoms with van der Waals surface area (Å²) in [5.74, 6) is 0. The van der Waals surface area contributed by atoms with Gasteiger partial charge in [-0.25, -0.2) is 4.98 Å². The van der Waals surface area contributed by atoms with Crippen LogP contribution in [0.3, 0.4) is 0 Å². The summed E-state index contributed by atoms with van der Waals surface area (Å²) in [6.45, 7) is 1.70. The highest BCUT2D eigenvalue weighted by Crippen LogP contribution is 2.19. The van der Waals surface area contributed by atoms with Gasteiger partial charge >= 0.3 is 0 Å². The maximum absolute atomic E-state index is 8.93. The number of hydrogen-bond acceptors (Lipinski definition) is 3. The first-order valence-electron chi connectivity index (χ1n) is 6.63.